The Bertz CT molecular complexity index is 279. The fourth-order valence-electron chi connectivity index (χ4n) is 0.522. The van der Waals surface area contributed by atoms with Crippen LogP contribution in [0.4, 0.5) is 0 Å². The van der Waals surface area contributed by atoms with Gasteiger partial charge in [0.25, 0.3) is 0 Å². The maximum atomic E-state index is 8.40. The molecule has 56 valence electrons. The number of nitriles is 1. The predicted molar refractivity (Wildman–Crippen MR) is 45.9 cm³/mol. The zero-order chi connectivity index (χ0) is 8.69. The lowest BCUT2D eigenvalue weighted by molar-refractivity contribution is 1.44. The number of hydrogen-bond donors (Lipinski definition) is 0. The summed E-state index contributed by atoms with van der Waals surface area (Å²) in [5.74, 6) is 2.64. The maximum Gasteiger partial charge on any atom is 0.0944 e. The zero-order valence-corrected chi connectivity index (χ0v) is 6.97. The van der Waals surface area contributed by atoms with Crippen LogP contribution in [0.25, 0.3) is 0 Å². The van der Waals surface area contributed by atoms with Gasteiger partial charge in [-0.1, -0.05) is 5.92 Å². The third kappa shape index (κ3) is 4.93. The van der Waals surface area contributed by atoms with E-state index in [1.54, 1.807) is 19.9 Å². The fraction of sp³-hybridized carbons (Fsp3) is 0.333. The van der Waals surface area contributed by atoms with Crippen LogP contribution in [-0.4, -0.2) is 5.71 Å². The van der Waals surface area contributed by atoms with Crippen LogP contribution in [0.5, 0.6) is 0 Å². The van der Waals surface area contributed by atoms with Crippen LogP contribution in [0.15, 0.2) is 16.6 Å². The summed E-state index contributed by atoms with van der Waals surface area (Å²) in [6.07, 6.45) is 1.70. The number of rotatable bonds is 1. The van der Waals surface area contributed by atoms with E-state index in [9.17, 15) is 0 Å². The van der Waals surface area contributed by atoms with Crippen molar-refractivity contribution in [1.82, 2.24) is 0 Å². The van der Waals surface area contributed by atoms with Gasteiger partial charge in [-0.05, 0) is 26.8 Å². The van der Waals surface area contributed by atoms with Gasteiger partial charge in [-0.25, -0.2) is 4.99 Å². The minimum Gasteiger partial charge on any atom is -0.203 e. The lowest BCUT2D eigenvalue weighted by Crippen LogP contribution is -1.84. The van der Waals surface area contributed by atoms with Crippen LogP contribution in [0.3, 0.4) is 0 Å². The van der Waals surface area contributed by atoms with Gasteiger partial charge in [0.05, 0.1) is 6.07 Å². The molecule has 0 spiro atoms. The van der Waals surface area contributed by atoms with Crippen molar-refractivity contribution < 1.29 is 0 Å². The summed E-state index contributed by atoms with van der Waals surface area (Å²) in [7, 11) is 0. The Morgan fingerprint density at radius 2 is 2.09 bits per heavy atom. The Morgan fingerprint density at radius 3 is 2.55 bits per heavy atom. The number of aliphatic imine (C=N–C) groups is 1. The SMILES string of the molecule is CC#CN=C(C)C=C(C)C#N. The second-order valence-corrected chi connectivity index (χ2v) is 2.05. The minimum absolute atomic E-state index is 0.643. The Labute approximate surface area is 67.3 Å². The van der Waals surface area contributed by atoms with Gasteiger partial charge < -0.3 is 0 Å². The molecule has 11 heavy (non-hydrogen) atoms. The summed E-state index contributed by atoms with van der Waals surface area (Å²) < 4.78 is 0. The Kier molecular flexibility index (Phi) is 4.52. The largest absolute Gasteiger partial charge is 0.203 e. The summed E-state index contributed by atoms with van der Waals surface area (Å²) >= 11 is 0. The van der Waals surface area contributed by atoms with E-state index in [0.717, 1.165) is 5.71 Å². The third-order valence-electron chi connectivity index (χ3n) is 0.946. The van der Waals surface area contributed by atoms with Crippen molar-refractivity contribution in [2.45, 2.75) is 20.8 Å². The van der Waals surface area contributed by atoms with E-state index in [0.29, 0.717) is 5.57 Å². The molecule has 0 atom stereocenters. The first kappa shape index (κ1) is 9.46. The topological polar surface area (TPSA) is 36.1 Å². The lowest BCUT2D eigenvalue weighted by Gasteiger charge is -1.85. The standard InChI is InChI=1S/C9H10N2/c1-4-5-11-9(3)6-8(2)7-10/h6H,1-3H3. The molecule has 0 rings (SSSR count). The number of hydrogen-bond acceptors (Lipinski definition) is 2. The van der Waals surface area contributed by atoms with Gasteiger partial charge in [-0.2, -0.15) is 5.26 Å². The molecule has 0 aromatic heterocycles. The van der Waals surface area contributed by atoms with Gasteiger partial charge in [0.15, 0.2) is 0 Å². The van der Waals surface area contributed by atoms with Crippen LogP contribution in [0.2, 0.25) is 0 Å². The molecule has 0 aliphatic carbocycles. The van der Waals surface area contributed by atoms with Crippen molar-refractivity contribution >= 4 is 5.71 Å². The predicted octanol–water partition coefficient (Wildman–Crippen LogP) is 1.90. The highest BCUT2D eigenvalue weighted by molar-refractivity contribution is 5.94. The fourth-order valence-corrected chi connectivity index (χ4v) is 0.522. The molecule has 0 fully saturated rings. The summed E-state index contributed by atoms with van der Waals surface area (Å²) in [6.45, 7) is 5.27. The van der Waals surface area contributed by atoms with Gasteiger partial charge in [-0.3, -0.25) is 0 Å². The quantitative estimate of drug-likeness (QED) is 0.316. The molecular weight excluding hydrogens is 136 g/mol. The van der Waals surface area contributed by atoms with Crippen molar-refractivity contribution in [3.8, 4) is 18.0 Å². The highest BCUT2D eigenvalue weighted by Gasteiger charge is 1.85. The first-order valence-electron chi connectivity index (χ1n) is 3.25. The molecule has 0 bridgehead atoms. The monoisotopic (exact) mass is 146 g/mol. The van der Waals surface area contributed by atoms with Gasteiger partial charge in [0.2, 0.25) is 0 Å². The molecule has 0 radical (unpaired) electrons. The molecular formula is C9H10N2. The molecule has 0 N–H and O–H groups in total. The minimum atomic E-state index is 0.643. The normalized spacial score (nSPS) is 11.5. The van der Waals surface area contributed by atoms with Gasteiger partial charge in [0.1, 0.15) is 0 Å². The van der Waals surface area contributed by atoms with Crippen LogP contribution >= 0.6 is 0 Å². The second kappa shape index (κ2) is 5.26. The zero-order valence-electron chi connectivity index (χ0n) is 6.97. The molecule has 0 amide bonds. The van der Waals surface area contributed by atoms with Gasteiger partial charge in [-0.15, -0.1) is 0 Å². The first-order valence-corrected chi connectivity index (χ1v) is 3.25. The van der Waals surface area contributed by atoms with Crippen molar-refractivity contribution in [2.75, 3.05) is 0 Å². The van der Waals surface area contributed by atoms with Crippen LogP contribution in [0.1, 0.15) is 20.8 Å². The Balaban J connectivity index is 4.38. The molecule has 0 aliphatic heterocycles. The first-order chi connectivity index (χ1) is 5.20. The van der Waals surface area contributed by atoms with Crippen molar-refractivity contribution in [1.29, 1.82) is 5.26 Å². The highest BCUT2D eigenvalue weighted by atomic mass is 14.7. The number of nitrogens with zero attached hydrogens (tertiary/aromatic N) is 2. The van der Waals surface area contributed by atoms with E-state index in [-0.39, 0.29) is 0 Å². The Hall–Kier alpha value is -1.54. The lowest BCUT2D eigenvalue weighted by atomic mass is 10.2. The summed E-state index contributed by atoms with van der Waals surface area (Å²) in [6, 6.07) is 4.57. The Morgan fingerprint density at radius 1 is 1.45 bits per heavy atom. The van der Waals surface area contributed by atoms with E-state index in [1.165, 1.54) is 0 Å². The van der Waals surface area contributed by atoms with E-state index in [1.807, 2.05) is 13.0 Å². The highest BCUT2D eigenvalue weighted by Crippen LogP contribution is 1.90. The average Bonchev–Trinajstić information content (AvgIpc) is 2.00. The molecule has 0 saturated heterocycles. The maximum absolute atomic E-state index is 8.40. The van der Waals surface area contributed by atoms with Gasteiger partial charge >= 0.3 is 0 Å². The molecule has 0 aromatic carbocycles. The molecule has 0 unspecified atom stereocenters. The third-order valence-corrected chi connectivity index (χ3v) is 0.946. The van der Waals surface area contributed by atoms with Gasteiger partial charge in [0, 0.05) is 17.3 Å². The van der Waals surface area contributed by atoms with Crippen LogP contribution in [0, 0.1) is 23.3 Å². The smallest absolute Gasteiger partial charge is 0.0944 e. The van der Waals surface area contributed by atoms with E-state index >= 15 is 0 Å². The molecule has 0 saturated carbocycles. The van der Waals surface area contributed by atoms with E-state index in [4.69, 9.17) is 5.26 Å². The molecule has 0 aliphatic rings. The molecule has 2 nitrogen and oxygen atoms in total. The van der Waals surface area contributed by atoms with Crippen molar-refractivity contribution in [2.24, 2.45) is 4.99 Å². The molecule has 2 heteroatoms. The van der Waals surface area contributed by atoms with Crippen LogP contribution < -0.4 is 0 Å². The summed E-state index contributed by atoms with van der Waals surface area (Å²) in [4.78, 5) is 3.86. The summed E-state index contributed by atoms with van der Waals surface area (Å²) in [5.41, 5.74) is 1.41. The number of allylic oxidation sites excluding steroid dienone is 2. The summed E-state index contributed by atoms with van der Waals surface area (Å²) in [5, 5.41) is 8.40. The average molecular weight is 146 g/mol. The molecule has 0 aromatic rings. The van der Waals surface area contributed by atoms with Crippen molar-refractivity contribution in [3.05, 3.63) is 11.6 Å². The molecule has 0 heterocycles. The van der Waals surface area contributed by atoms with E-state index in [2.05, 4.69) is 17.0 Å². The second-order valence-electron chi connectivity index (χ2n) is 2.05. The van der Waals surface area contributed by atoms with Crippen molar-refractivity contribution in [3.63, 3.8) is 0 Å². The van der Waals surface area contributed by atoms with E-state index < -0.39 is 0 Å². The van der Waals surface area contributed by atoms with Crippen LogP contribution in [-0.2, 0) is 0 Å².